The molecule has 1 unspecified atom stereocenters. The first-order chi connectivity index (χ1) is 28.4. The lowest BCUT2D eigenvalue weighted by Gasteiger charge is -2.21. The molecule has 0 fully saturated rings. The second-order valence-electron chi connectivity index (χ2n) is 13.8. The van der Waals surface area contributed by atoms with Crippen molar-refractivity contribution in [2.45, 2.75) is 91.5 Å². The number of imidazole rings is 2. The highest BCUT2D eigenvalue weighted by Crippen LogP contribution is 2.41. The van der Waals surface area contributed by atoms with Gasteiger partial charge < -0.3 is 51.0 Å². The van der Waals surface area contributed by atoms with Crippen LogP contribution in [0.2, 0.25) is 0 Å². The van der Waals surface area contributed by atoms with Crippen LogP contribution >= 0.6 is 0 Å². The number of carbonyl (C=O) groups is 4. The standard InChI is InChI=1S/C32H37FN6O3.C7H15NO2.C2H5NO2.CH4O/c1-2-7-32(41)35-13-6-4-9-30-36-18-26(38-30)21-10-11-28-22(14-21)15-23-16-25(33)24(17-29(23)42-28)27-19-37-31(39-27)8-3-5-12-34-20-40;1-5(2)6(3)8-7(9)10-4;1-5-2(3)4;1-2/h10-11,14,16-20H,2-9,12-13,15H2,1H3,(H,34,40)(H,35,41)(H,36,38)(H,37,39);5-6H,1-4H3,(H,8,9);1H3,(H2,3,4);2H,1H3. The Kier molecular flexibility index (Phi) is 22.4. The van der Waals surface area contributed by atoms with Gasteiger partial charge in [-0.05, 0) is 80.8 Å². The third-order valence-electron chi connectivity index (χ3n) is 9.11. The molecule has 0 spiro atoms. The van der Waals surface area contributed by atoms with E-state index in [9.17, 15) is 19.2 Å². The number of rotatable bonds is 17. The lowest BCUT2D eigenvalue weighted by Crippen LogP contribution is -2.35. The first kappa shape index (κ1) is 49.2. The quantitative estimate of drug-likeness (QED) is 0.0407. The molecule has 324 valence electrons. The summed E-state index contributed by atoms with van der Waals surface area (Å²) in [6.45, 7) is 9.34. The monoisotopic (exact) mass is 824 g/mol. The number of amides is 4. The van der Waals surface area contributed by atoms with Crippen molar-refractivity contribution in [2.75, 3.05) is 34.4 Å². The molecular weight excluding hydrogens is 764 g/mol. The van der Waals surface area contributed by atoms with Crippen LogP contribution in [0, 0.1) is 11.7 Å². The van der Waals surface area contributed by atoms with E-state index in [-0.39, 0.29) is 23.9 Å². The third-order valence-corrected chi connectivity index (χ3v) is 9.11. The van der Waals surface area contributed by atoms with Gasteiger partial charge in [0.2, 0.25) is 12.3 Å². The maximum absolute atomic E-state index is 15.2. The van der Waals surface area contributed by atoms with Gasteiger partial charge in [0, 0.05) is 68.6 Å². The Morgan fingerprint density at radius 2 is 1.53 bits per heavy atom. The highest BCUT2D eigenvalue weighted by molar-refractivity contribution is 5.75. The second kappa shape index (κ2) is 26.9. The zero-order valence-corrected chi connectivity index (χ0v) is 35.2. The fourth-order valence-corrected chi connectivity index (χ4v) is 5.56. The molecular formula is C42H61FN8O8. The molecule has 8 N–H and O–H groups in total. The summed E-state index contributed by atoms with van der Waals surface area (Å²) in [5.74, 6) is 3.31. The maximum Gasteiger partial charge on any atom is 0.407 e. The molecule has 5 rings (SSSR count). The van der Waals surface area contributed by atoms with Gasteiger partial charge in [-0.3, -0.25) is 9.59 Å². The van der Waals surface area contributed by atoms with Crippen LogP contribution in [0.4, 0.5) is 14.0 Å². The van der Waals surface area contributed by atoms with Gasteiger partial charge in [0.15, 0.2) is 0 Å². The Morgan fingerprint density at radius 1 is 0.915 bits per heavy atom. The molecule has 4 aromatic rings. The number of fused-ring (bicyclic) bond motifs is 2. The SMILES string of the molecule is CCCC(=O)NCCCCc1ncc(-c2ccc3c(c2)Cc2cc(F)c(-c4cnc(CCCCNC=O)[nH]4)cc2O3)[nH]1.CO.COC(=O)NC(C)C(C)C.COC(N)=O. The first-order valence-corrected chi connectivity index (χ1v) is 19.7. The molecule has 16 nitrogen and oxygen atoms in total. The van der Waals surface area contributed by atoms with Gasteiger partial charge in [0.05, 0.1) is 38.0 Å². The van der Waals surface area contributed by atoms with Crippen molar-refractivity contribution >= 4 is 24.5 Å². The molecule has 4 amide bonds. The van der Waals surface area contributed by atoms with Gasteiger partial charge in [0.1, 0.15) is 29.0 Å². The predicted molar refractivity (Wildman–Crippen MR) is 223 cm³/mol. The van der Waals surface area contributed by atoms with E-state index in [0.29, 0.717) is 55.3 Å². The number of aromatic nitrogens is 4. The molecule has 1 atom stereocenters. The van der Waals surface area contributed by atoms with Crippen molar-refractivity contribution in [2.24, 2.45) is 11.7 Å². The summed E-state index contributed by atoms with van der Waals surface area (Å²) in [4.78, 5) is 57.5. The van der Waals surface area contributed by atoms with Crippen molar-refractivity contribution in [3.05, 3.63) is 71.3 Å². The van der Waals surface area contributed by atoms with Gasteiger partial charge in [-0.15, -0.1) is 0 Å². The number of aryl methyl sites for hydroxylation is 2. The van der Waals surface area contributed by atoms with Gasteiger partial charge in [0.25, 0.3) is 0 Å². The van der Waals surface area contributed by atoms with Crippen LogP contribution in [0.5, 0.6) is 11.5 Å². The average Bonchev–Trinajstić information content (AvgIpc) is 3.91. The number of nitrogens with one attached hydrogen (secondary N) is 5. The van der Waals surface area contributed by atoms with E-state index < -0.39 is 6.09 Å². The zero-order valence-electron chi connectivity index (χ0n) is 35.2. The maximum atomic E-state index is 15.2. The summed E-state index contributed by atoms with van der Waals surface area (Å²) in [5.41, 5.74) is 9.15. The fourth-order valence-electron chi connectivity index (χ4n) is 5.56. The lowest BCUT2D eigenvalue weighted by atomic mass is 9.96. The van der Waals surface area contributed by atoms with E-state index in [1.54, 1.807) is 18.3 Å². The topological polar surface area (TPSA) is 236 Å². The Morgan fingerprint density at radius 3 is 2.12 bits per heavy atom. The van der Waals surface area contributed by atoms with Gasteiger partial charge >= 0.3 is 12.2 Å². The van der Waals surface area contributed by atoms with Crippen molar-refractivity contribution < 1.29 is 42.9 Å². The third kappa shape index (κ3) is 17.2. The van der Waals surface area contributed by atoms with E-state index in [1.807, 2.05) is 46.0 Å². The van der Waals surface area contributed by atoms with Crippen molar-refractivity contribution in [3.8, 4) is 34.0 Å². The summed E-state index contributed by atoms with van der Waals surface area (Å²) in [6, 6.07) is 9.47. The molecule has 2 aromatic heterocycles. The summed E-state index contributed by atoms with van der Waals surface area (Å²) in [7, 11) is 3.59. The Balaban J connectivity index is 0.000000596. The molecule has 0 saturated heterocycles. The van der Waals surface area contributed by atoms with E-state index in [4.69, 9.17) is 9.84 Å². The van der Waals surface area contributed by atoms with Crippen molar-refractivity contribution in [3.63, 3.8) is 0 Å². The highest BCUT2D eigenvalue weighted by Gasteiger charge is 2.22. The van der Waals surface area contributed by atoms with Gasteiger partial charge in [-0.2, -0.15) is 0 Å². The summed E-state index contributed by atoms with van der Waals surface area (Å²) in [5, 5.41) is 15.3. The van der Waals surface area contributed by atoms with Crippen LogP contribution in [0.3, 0.4) is 0 Å². The molecule has 17 heteroatoms. The highest BCUT2D eigenvalue weighted by atomic mass is 19.1. The molecule has 2 aromatic carbocycles. The van der Waals surface area contributed by atoms with Crippen LogP contribution in [-0.2, 0) is 38.3 Å². The minimum absolute atomic E-state index is 0.111. The molecule has 1 aliphatic rings. The number of halogens is 1. The number of nitrogens with zero attached hydrogens (tertiary/aromatic N) is 2. The Hall–Kier alpha value is -5.97. The number of methoxy groups -OCH3 is 2. The Bertz CT molecular complexity index is 1900. The number of alkyl carbamates (subject to hydrolysis) is 1. The number of unbranched alkanes of at least 4 members (excludes halogenated alkanes) is 2. The number of hydrogen-bond donors (Lipinski definition) is 7. The minimum atomic E-state index is -0.745. The number of carbonyl (C=O) groups excluding carboxylic acids is 4. The molecule has 0 bridgehead atoms. The van der Waals surface area contributed by atoms with Gasteiger partial charge in [-0.25, -0.2) is 23.9 Å². The summed E-state index contributed by atoms with van der Waals surface area (Å²) in [6.07, 6.45) is 10.1. The van der Waals surface area contributed by atoms with Crippen LogP contribution in [0.15, 0.2) is 42.7 Å². The number of hydrogen-bond acceptors (Lipinski definition) is 10. The van der Waals surface area contributed by atoms with Crippen LogP contribution < -0.4 is 26.4 Å². The molecule has 3 heterocycles. The second-order valence-corrected chi connectivity index (χ2v) is 13.8. The molecule has 0 saturated carbocycles. The van der Waals surface area contributed by atoms with E-state index in [1.165, 1.54) is 14.2 Å². The minimum Gasteiger partial charge on any atom is -0.457 e. The average molecular weight is 825 g/mol. The summed E-state index contributed by atoms with van der Waals surface area (Å²) >= 11 is 0. The zero-order chi connectivity index (χ0) is 43.7. The number of nitrogens with two attached hydrogens (primary N) is 1. The Labute approximate surface area is 345 Å². The fraction of sp³-hybridized carbons (Fsp3) is 0.476. The lowest BCUT2D eigenvalue weighted by molar-refractivity contribution is -0.121. The van der Waals surface area contributed by atoms with Crippen LogP contribution in [-0.4, -0.2) is 90.0 Å². The molecule has 59 heavy (non-hydrogen) atoms. The smallest absolute Gasteiger partial charge is 0.407 e. The van der Waals surface area contributed by atoms with Crippen LogP contribution in [0.1, 0.15) is 89.0 Å². The van der Waals surface area contributed by atoms with E-state index >= 15 is 4.39 Å². The van der Waals surface area contributed by atoms with Gasteiger partial charge in [-0.1, -0.05) is 20.8 Å². The predicted octanol–water partition coefficient (Wildman–Crippen LogP) is 6.32. The summed E-state index contributed by atoms with van der Waals surface area (Å²) < 4.78 is 29.8. The molecule has 1 aliphatic heterocycles. The number of aliphatic hydroxyl groups excluding tert-OH is 1. The van der Waals surface area contributed by atoms with Crippen molar-refractivity contribution in [1.29, 1.82) is 0 Å². The van der Waals surface area contributed by atoms with E-state index in [0.717, 1.165) is 91.8 Å². The normalized spacial score (nSPS) is 11.3. The number of benzene rings is 2. The number of H-pyrrole nitrogens is 2. The van der Waals surface area contributed by atoms with Crippen molar-refractivity contribution in [1.82, 2.24) is 35.9 Å². The number of aromatic amines is 2. The number of primary amides is 1. The molecule has 0 aliphatic carbocycles. The van der Waals surface area contributed by atoms with E-state index in [2.05, 4.69) is 57.2 Å². The molecule has 0 radical (unpaired) electrons. The number of ether oxygens (including phenoxy) is 3. The van der Waals surface area contributed by atoms with Crippen LogP contribution in [0.25, 0.3) is 22.5 Å². The number of aliphatic hydroxyl groups is 1. The first-order valence-electron chi connectivity index (χ1n) is 19.7. The largest absolute Gasteiger partial charge is 0.457 e.